The van der Waals surface area contributed by atoms with E-state index in [1.54, 1.807) is 42.9 Å². The monoisotopic (exact) mass is 489 g/mol. The van der Waals surface area contributed by atoms with E-state index in [1.807, 2.05) is 6.07 Å². The van der Waals surface area contributed by atoms with Crippen LogP contribution in [-0.4, -0.2) is 33.7 Å². The molecule has 0 radical (unpaired) electrons. The van der Waals surface area contributed by atoms with Crippen molar-refractivity contribution in [3.05, 3.63) is 82.3 Å². The van der Waals surface area contributed by atoms with E-state index in [0.29, 0.717) is 16.9 Å². The number of esters is 1. The Morgan fingerprint density at radius 2 is 1.69 bits per heavy atom. The molecule has 35 heavy (non-hydrogen) atoms. The van der Waals surface area contributed by atoms with E-state index >= 15 is 0 Å². The second kappa shape index (κ2) is 10.3. The van der Waals surface area contributed by atoms with Crippen molar-refractivity contribution < 1.29 is 32.2 Å². The van der Waals surface area contributed by atoms with Crippen LogP contribution < -0.4 is 15.6 Å². The third-order valence-electron chi connectivity index (χ3n) is 4.99. The number of nitrogens with one attached hydrogen (secondary N) is 1. The standard InChI is InChI=1S/C24H22F3N3O5/c1-15-21(23(33)30(29(15)3)18-7-5-4-6-8-18)28-22(32)16(2)34-20(31)14-11-17-9-12-19(13-10-17)35-24(25,26)27/h4-14,16H,1-3H3,(H,28,32)/b14-11+. The lowest BCUT2D eigenvalue weighted by atomic mass is 10.2. The molecule has 11 heteroatoms. The summed E-state index contributed by atoms with van der Waals surface area (Å²) in [5.74, 6) is -1.95. The van der Waals surface area contributed by atoms with Crippen molar-refractivity contribution in [1.82, 2.24) is 9.36 Å². The number of halogens is 3. The Balaban J connectivity index is 1.63. The van der Waals surface area contributed by atoms with Crippen LogP contribution in [0.5, 0.6) is 5.75 Å². The van der Waals surface area contributed by atoms with Gasteiger partial charge in [-0.25, -0.2) is 9.48 Å². The lowest BCUT2D eigenvalue weighted by Crippen LogP contribution is -2.31. The maximum Gasteiger partial charge on any atom is 0.573 e. The van der Waals surface area contributed by atoms with Gasteiger partial charge in [-0.1, -0.05) is 30.3 Å². The molecule has 0 spiro atoms. The molecular weight excluding hydrogens is 467 g/mol. The Morgan fingerprint density at radius 3 is 2.29 bits per heavy atom. The normalized spacial score (nSPS) is 12.4. The van der Waals surface area contributed by atoms with E-state index in [-0.39, 0.29) is 5.69 Å². The minimum atomic E-state index is -4.80. The van der Waals surface area contributed by atoms with Crippen molar-refractivity contribution in [3.63, 3.8) is 0 Å². The summed E-state index contributed by atoms with van der Waals surface area (Å²) in [6.45, 7) is 3.01. The van der Waals surface area contributed by atoms with Crippen LogP contribution in [0.3, 0.4) is 0 Å². The minimum absolute atomic E-state index is 0.0564. The van der Waals surface area contributed by atoms with Gasteiger partial charge in [0.25, 0.3) is 11.5 Å². The number of aromatic nitrogens is 2. The molecular formula is C24H22F3N3O5. The third kappa shape index (κ3) is 6.40. The van der Waals surface area contributed by atoms with Gasteiger partial charge >= 0.3 is 12.3 Å². The lowest BCUT2D eigenvalue weighted by Gasteiger charge is -2.11. The molecule has 0 saturated heterocycles. The SMILES string of the molecule is Cc1c(NC(=O)C(C)OC(=O)/C=C/c2ccc(OC(F)(F)F)cc2)c(=O)n(-c2ccccc2)n1C. The molecule has 3 rings (SSSR count). The van der Waals surface area contributed by atoms with E-state index in [1.165, 1.54) is 29.8 Å². The topological polar surface area (TPSA) is 91.6 Å². The van der Waals surface area contributed by atoms with Gasteiger partial charge in [0.1, 0.15) is 11.4 Å². The van der Waals surface area contributed by atoms with Gasteiger partial charge in [-0.3, -0.25) is 14.3 Å². The summed E-state index contributed by atoms with van der Waals surface area (Å²) >= 11 is 0. The zero-order valence-electron chi connectivity index (χ0n) is 19.0. The molecule has 0 aliphatic rings. The van der Waals surface area contributed by atoms with Crippen LogP contribution in [0.2, 0.25) is 0 Å². The molecule has 1 unspecified atom stereocenters. The van der Waals surface area contributed by atoms with Gasteiger partial charge in [-0.05, 0) is 49.8 Å². The van der Waals surface area contributed by atoms with Crippen molar-refractivity contribution in [2.45, 2.75) is 26.3 Å². The summed E-state index contributed by atoms with van der Waals surface area (Å²) in [5, 5.41) is 2.51. The molecule has 1 atom stereocenters. The summed E-state index contributed by atoms with van der Waals surface area (Å²) in [7, 11) is 1.68. The van der Waals surface area contributed by atoms with Gasteiger partial charge < -0.3 is 14.8 Å². The molecule has 1 amide bonds. The maximum atomic E-state index is 12.9. The van der Waals surface area contributed by atoms with Crippen LogP contribution in [0.25, 0.3) is 11.8 Å². The largest absolute Gasteiger partial charge is 0.573 e. The summed E-state index contributed by atoms with van der Waals surface area (Å²) in [6, 6.07) is 13.7. The summed E-state index contributed by atoms with van der Waals surface area (Å²) in [6.07, 6.45) is -3.69. The number of nitrogens with zero attached hydrogens (tertiary/aromatic N) is 2. The number of carbonyl (C=O) groups is 2. The highest BCUT2D eigenvalue weighted by atomic mass is 19.4. The first kappa shape index (κ1) is 25.3. The molecule has 184 valence electrons. The van der Waals surface area contributed by atoms with Crippen LogP contribution in [0.4, 0.5) is 18.9 Å². The first-order valence-electron chi connectivity index (χ1n) is 10.4. The second-order valence-electron chi connectivity index (χ2n) is 7.46. The number of benzene rings is 2. The van der Waals surface area contributed by atoms with Crippen molar-refractivity contribution in [1.29, 1.82) is 0 Å². The van der Waals surface area contributed by atoms with Crippen molar-refractivity contribution >= 4 is 23.6 Å². The van der Waals surface area contributed by atoms with Crippen LogP contribution in [-0.2, 0) is 21.4 Å². The van der Waals surface area contributed by atoms with Gasteiger partial charge in [-0.2, -0.15) is 0 Å². The number of ether oxygens (including phenoxy) is 2. The fourth-order valence-corrected chi connectivity index (χ4v) is 3.15. The zero-order valence-corrected chi connectivity index (χ0v) is 19.0. The molecule has 0 aliphatic heterocycles. The Labute approximate surface area is 198 Å². The summed E-state index contributed by atoms with van der Waals surface area (Å²) in [4.78, 5) is 37.5. The highest BCUT2D eigenvalue weighted by molar-refractivity contribution is 5.97. The molecule has 1 heterocycles. The third-order valence-corrected chi connectivity index (χ3v) is 4.99. The average molecular weight is 489 g/mol. The van der Waals surface area contributed by atoms with Crippen LogP contribution in [0.15, 0.2) is 65.5 Å². The van der Waals surface area contributed by atoms with Crippen molar-refractivity contribution in [2.24, 2.45) is 7.05 Å². The van der Waals surface area contributed by atoms with Crippen LogP contribution in [0, 0.1) is 6.92 Å². The predicted octanol–water partition coefficient (Wildman–Crippen LogP) is 3.97. The number of para-hydroxylation sites is 1. The fourth-order valence-electron chi connectivity index (χ4n) is 3.15. The minimum Gasteiger partial charge on any atom is -0.449 e. The van der Waals surface area contributed by atoms with Crippen molar-refractivity contribution in [2.75, 3.05) is 5.32 Å². The van der Waals surface area contributed by atoms with E-state index in [4.69, 9.17) is 4.74 Å². The first-order chi connectivity index (χ1) is 16.5. The highest BCUT2D eigenvalue weighted by Crippen LogP contribution is 2.23. The van der Waals surface area contributed by atoms with Gasteiger partial charge in [0.05, 0.1) is 11.4 Å². The predicted molar refractivity (Wildman–Crippen MR) is 122 cm³/mol. The molecule has 8 nitrogen and oxygen atoms in total. The number of rotatable bonds is 7. The quantitative estimate of drug-likeness (QED) is 0.401. The molecule has 0 saturated carbocycles. The van der Waals surface area contributed by atoms with Gasteiger partial charge in [0.15, 0.2) is 6.10 Å². The molecule has 0 bridgehead atoms. The Kier molecular flexibility index (Phi) is 7.48. The zero-order chi connectivity index (χ0) is 25.8. The molecule has 0 fully saturated rings. The highest BCUT2D eigenvalue weighted by Gasteiger charge is 2.31. The van der Waals surface area contributed by atoms with Gasteiger partial charge in [-0.15, -0.1) is 13.2 Å². The van der Waals surface area contributed by atoms with Gasteiger partial charge in [0, 0.05) is 13.1 Å². The number of alkyl halides is 3. The second-order valence-corrected chi connectivity index (χ2v) is 7.46. The molecule has 2 aromatic carbocycles. The van der Waals surface area contributed by atoms with E-state index in [9.17, 15) is 27.6 Å². The molecule has 3 aromatic rings. The summed E-state index contributed by atoms with van der Waals surface area (Å²) in [5.41, 5.74) is 1.15. The Morgan fingerprint density at radius 1 is 1.06 bits per heavy atom. The van der Waals surface area contributed by atoms with E-state index < -0.39 is 35.7 Å². The lowest BCUT2D eigenvalue weighted by molar-refractivity contribution is -0.274. The number of anilines is 1. The van der Waals surface area contributed by atoms with Crippen LogP contribution >= 0.6 is 0 Å². The number of hydrogen-bond acceptors (Lipinski definition) is 5. The molecule has 1 aromatic heterocycles. The molecule has 1 N–H and O–H groups in total. The number of hydrogen-bond donors (Lipinski definition) is 1. The van der Waals surface area contributed by atoms with E-state index in [2.05, 4.69) is 10.1 Å². The van der Waals surface area contributed by atoms with Gasteiger partial charge in [0.2, 0.25) is 0 Å². The fraction of sp³-hybridized carbons (Fsp3) is 0.208. The Hall–Kier alpha value is -4.28. The number of carbonyl (C=O) groups excluding carboxylic acids is 2. The van der Waals surface area contributed by atoms with E-state index in [0.717, 1.165) is 18.2 Å². The molecule has 0 aliphatic carbocycles. The smallest absolute Gasteiger partial charge is 0.449 e. The summed E-state index contributed by atoms with van der Waals surface area (Å²) < 4.78 is 48.5. The number of amides is 1. The maximum absolute atomic E-state index is 12.9. The van der Waals surface area contributed by atoms with Crippen LogP contribution in [0.1, 0.15) is 18.2 Å². The Bertz CT molecular complexity index is 1290. The average Bonchev–Trinajstić information content (AvgIpc) is 3.01. The first-order valence-corrected chi connectivity index (χ1v) is 10.4. The van der Waals surface area contributed by atoms with Crippen molar-refractivity contribution in [3.8, 4) is 11.4 Å².